The van der Waals surface area contributed by atoms with Gasteiger partial charge in [-0.3, -0.25) is 14.9 Å². The quantitative estimate of drug-likeness (QED) is 0.618. The summed E-state index contributed by atoms with van der Waals surface area (Å²) in [5.41, 5.74) is 2.37. The van der Waals surface area contributed by atoms with Crippen molar-refractivity contribution in [2.45, 2.75) is 19.4 Å². The summed E-state index contributed by atoms with van der Waals surface area (Å²) in [6.45, 7) is 1.78. The zero-order chi connectivity index (χ0) is 11.0. The smallest absolute Gasteiger partial charge is 0.235 e. The Morgan fingerprint density at radius 2 is 2.53 bits per heavy atom. The Kier molecular flexibility index (Phi) is 2.39. The van der Waals surface area contributed by atoms with E-state index in [1.165, 1.54) is 11.3 Å². The molecule has 2 atom stereocenters. The number of anilines is 1. The lowest BCUT2D eigenvalue weighted by Gasteiger charge is -2.00. The Hall–Kier alpha value is -1.50. The van der Waals surface area contributed by atoms with Gasteiger partial charge in [0.05, 0.1) is 11.2 Å². The molecule has 1 fully saturated rings. The molecule has 15 heavy (non-hydrogen) atoms. The van der Waals surface area contributed by atoms with E-state index < -0.39 is 16.9 Å². The van der Waals surface area contributed by atoms with Gasteiger partial charge in [-0.2, -0.15) is 0 Å². The Morgan fingerprint density at radius 3 is 3.00 bits per heavy atom. The van der Waals surface area contributed by atoms with E-state index in [2.05, 4.69) is 10.3 Å². The lowest BCUT2D eigenvalue weighted by atomic mass is 10.3. The number of carbonyl (C=O) groups is 1. The Morgan fingerprint density at radius 1 is 1.80 bits per heavy atom. The van der Waals surface area contributed by atoms with E-state index >= 15 is 0 Å². The van der Waals surface area contributed by atoms with Crippen molar-refractivity contribution < 1.29 is 9.72 Å². The van der Waals surface area contributed by atoms with Gasteiger partial charge in [-0.25, -0.2) is 4.98 Å². The number of amides is 1. The average Bonchev–Trinajstić information content (AvgIpc) is 2.88. The van der Waals surface area contributed by atoms with E-state index in [9.17, 15) is 14.9 Å². The summed E-state index contributed by atoms with van der Waals surface area (Å²) in [7, 11) is 0. The van der Waals surface area contributed by atoms with Crippen molar-refractivity contribution in [2.24, 2.45) is 5.92 Å². The Balaban J connectivity index is 1.95. The highest BCUT2D eigenvalue weighted by Crippen LogP contribution is 2.34. The minimum atomic E-state index is -0.696. The van der Waals surface area contributed by atoms with E-state index in [1.54, 1.807) is 12.4 Å². The summed E-state index contributed by atoms with van der Waals surface area (Å²) in [6, 6.07) is -0.696. The first-order valence-corrected chi connectivity index (χ1v) is 5.32. The van der Waals surface area contributed by atoms with E-state index in [0.717, 1.165) is 5.69 Å². The normalized spacial score (nSPS) is 23.5. The fourth-order valence-electron chi connectivity index (χ4n) is 1.32. The van der Waals surface area contributed by atoms with Crippen molar-refractivity contribution in [2.75, 3.05) is 5.32 Å². The second-order valence-corrected chi connectivity index (χ2v) is 4.31. The van der Waals surface area contributed by atoms with Crippen LogP contribution in [0.15, 0.2) is 5.51 Å². The number of hydrogen-bond acceptors (Lipinski definition) is 5. The maximum atomic E-state index is 11.5. The molecule has 0 saturated heterocycles. The summed E-state index contributed by atoms with van der Waals surface area (Å²) >= 11 is 1.32. The van der Waals surface area contributed by atoms with E-state index in [-0.39, 0.29) is 5.91 Å². The van der Waals surface area contributed by atoms with Gasteiger partial charge in [0.2, 0.25) is 11.9 Å². The van der Waals surface area contributed by atoms with E-state index in [0.29, 0.717) is 11.4 Å². The summed E-state index contributed by atoms with van der Waals surface area (Å²) < 4.78 is 0. The molecule has 1 N–H and O–H groups in total. The van der Waals surface area contributed by atoms with Crippen LogP contribution in [0, 0.1) is 23.0 Å². The van der Waals surface area contributed by atoms with Gasteiger partial charge in [0.1, 0.15) is 10.9 Å². The third-order valence-electron chi connectivity index (χ3n) is 2.35. The maximum absolute atomic E-state index is 11.5. The van der Waals surface area contributed by atoms with Crippen molar-refractivity contribution >= 4 is 22.2 Å². The van der Waals surface area contributed by atoms with Crippen LogP contribution >= 0.6 is 11.3 Å². The van der Waals surface area contributed by atoms with Crippen LogP contribution in [0.5, 0.6) is 0 Å². The van der Waals surface area contributed by atoms with Crippen LogP contribution in [-0.4, -0.2) is 21.9 Å². The van der Waals surface area contributed by atoms with Crippen LogP contribution in [0.25, 0.3) is 0 Å². The average molecular weight is 227 g/mol. The third-order valence-corrected chi connectivity index (χ3v) is 3.19. The second kappa shape index (κ2) is 3.58. The van der Waals surface area contributed by atoms with Gasteiger partial charge in [0.15, 0.2) is 0 Å². The molecule has 0 unspecified atom stereocenters. The molecule has 6 nitrogen and oxygen atoms in total. The molecular weight excluding hydrogens is 218 g/mol. The molecule has 0 aromatic carbocycles. The summed E-state index contributed by atoms with van der Waals surface area (Å²) in [4.78, 5) is 25.4. The summed E-state index contributed by atoms with van der Waals surface area (Å²) in [5.74, 6) is -0.745. The molecule has 1 aromatic rings. The molecule has 0 radical (unpaired) electrons. The Bertz CT molecular complexity index is 417. The van der Waals surface area contributed by atoms with Crippen molar-refractivity contribution in [3.05, 3.63) is 21.3 Å². The van der Waals surface area contributed by atoms with Gasteiger partial charge in [-0.1, -0.05) is 0 Å². The van der Waals surface area contributed by atoms with Crippen LogP contribution in [-0.2, 0) is 4.79 Å². The standard InChI is InChI=1S/C8H9N3O3S/c1-4-8(15-3-9-4)10-7(12)5-2-6(5)11(13)14/h3,5-6H,2H2,1H3,(H,10,12)/t5-,6-/m0/s1. The highest BCUT2D eigenvalue weighted by atomic mass is 32.1. The molecule has 1 aliphatic carbocycles. The number of aryl methyl sites for hydroxylation is 1. The highest BCUT2D eigenvalue weighted by Gasteiger charge is 2.53. The predicted molar refractivity (Wildman–Crippen MR) is 54.4 cm³/mol. The van der Waals surface area contributed by atoms with Crippen LogP contribution in [0.2, 0.25) is 0 Å². The van der Waals surface area contributed by atoms with Crippen molar-refractivity contribution in [3.8, 4) is 0 Å². The maximum Gasteiger partial charge on any atom is 0.235 e. The molecule has 1 saturated carbocycles. The van der Waals surface area contributed by atoms with Crippen LogP contribution < -0.4 is 5.32 Å². The molecule has 0 aliphatic heterocycles. The Labute approximate surface area is 89.5 Å². The molecule has 80 valence electrons. The second-order valence-electron chi connectivity index (χ2n) is 3.45. The fourth-order valence-corrected chi connectivity index (χ4v) is 2.02. The summed E-state index contributed by atoms with van der Waals surface area (Å²) in [5, 5.41) is 13.7. The lowest BCUT2D eigenvalue weighted by molar-refractivity contribution is -0.497. The van der Waals surface area contributed by atoms with Crippen molar-refractivity contribution in [1.82, 2.24) is 4.98 Å². The first kappa shape index (κ1) is 10.0. The topological polar surface area (TPSA) is 85.1 Å². The fraction of sp³-hybridized carbons (Fsp3) is 0.500. The van der Waals surface area contributed by atoms with Crippen molar-refractivity contribution in [1.29, 1.82) is 0 Å². The number of nitro groups is 1. The molecule has 0 spiro atoms. The zero-order valence-corrected chi connectivity index (χ0v) is 8.78. The SMILES string of the molecule is Cc1ncsc1NC(=O)[C@H]1C[C@@H]1[N+](=O)[O-]. The molecule has 1 heterocycles. The lowest BCUT2D eigenvalue weighted by Crippen LogP contribution is -2.18. The number of hydrogen-bond donors (Lipinski definition) is 1. The van der Waals surface area contributed by atoms with Gasteiger partial charge in [-0.05, 0) is 6.92 Å². The minimum absolute atomic E-state index is 0.274. The monoisotopic (exact) mass is 227 g/mol. The van der Waals surface area contributed by atoms with Gasteiger partial charge in [0.25, 0.3) is 0 Å². The first-order valence-electron chi connectivity index (χ1n) is 4.44. The molecule has 7 heteroatoms. The molecule has 1 amide bonds. The molecular formula is C8H9N3O3S. The highest BCUT2D eigenvalue weighted by molar-refractivity contribution is 7.14. The number of nitrogens with one attached hydrogen (secondary N) is 1. The van der Waals surface area contributed by atoms with Crippen LogP contribution in [0.4, 0.5) is 5.00 Å². The molecule has 0 bridgehead atoms. The molecule has 1 aliphatic rings. The van der Waals surface area contributed by atoms with Crippen molar-refractivity contribution in [3.63, 3.8) is 0 Å². The number of thiazole rings is 1. The van der Waals surface area contributed by atoms with Gasteiger partial charge >= 0.3 is 0 Å². The molecule has 2 rings (SSSR count). The van der Waals surface area contributed by atoms with Crippen LogP contribution in [0.3, 0.4) is 0 Å². The molecule has 1 aromatic heterocycles. The first-order chi connectivity index (χ1) is 7.09. The van der Waals surface area contributed by atoms with Gasteiger partial charge in [0, 0.05) is 11.3 Å². The number of aromatic nitrogens is 1. The van der Waals surface area contributed by atoms with E-state index in [1.807, 2.05) is 0 Å². The number of carbonyl (C=O) groups excluding carboxylic acids is 1. The zero-order valence-electron chi connectivity index (χ0n) is 7.97. The summed E-state index contributed by atoms with van der Waals surface area (Å²) in [6.07, 6.45) is 0.344. The van der Waals surface area contributed by atoms with E-state index in [4.69, 9.17) is 0 Å². The van der Waals surface area contributed by atoms with Gasteiger partial charge in [-0.15, -0.1) is 11.3 Å². The van der Waals surface area contributed by atoms with Gasteiger partial charge < -0.3 is 5.32 Å². The minimum Gasteiger partial charge on any atom is -0.316 e. The largest absolute Gasteiger partial charge is 0.316 e. The third kappa shape index (κ3) is 1.96. The number of nitrogens with zero attached hydrogens (tertiary/aromatic N) is 2. The number of rotatable bonds is 3. The predicted octanol–water partition coefficient (Wildman–Crippen LogP) is 1.06. The van der Waals surface area contributed by atoms with Crippen LogP contribution in [0.1, 0.15) is 12.1 Å².